The molecule has 0 radical (unpaired) electrons. The maximum atomic E-state index is 11.3. The van der Waals surface area contributed by atoms with Gasteiger partial charge in [0.05, 0.1) is 0 Å². The van der Waals surface area contributed by atoms with E-state index in [1.165, 1.54) is 0 Å². The minimum Gasteiger partial charge on any atom is -0.431 e. The summed E-state index contributed by atoms with van der Waals surface area (Å²) >= 11 is 0. The van der Waals surface area contributed by atoms with E-state index in [4.69, 9.17) is 6.42 Å². The smallest absolute Gasteiger partial charge is 0.431 e. The molecule has 4 heteroatoms. The van der Waals surface area contributed by atoms with Gasteiger partial charge in [-0.3, -0.25) is 0 Å². The summed E-state index contributed by atoms with van der Waals surface area (Å²) in [6.07, 6.45) is 3.81. The molecule has 0 atom stereocenters. The van der Waals surface area contributed by atoms with Crippen LogP contribution >= 0.6 is 0 Å². The van der Waals surface area contributed by atoms with E-state index in [0.29, 0.717) is 0 Å². The van der Waals surface area contributed by atoms with Gasteiger partial charge in [0, 0.05) is 0 Å². The Morgan fingerprint density at radius 2 is 2.30 bits per heavy atom. The van der Waals surface area contributed by atoms with Crippen LogP contribution in [-0.2, 0) is 9.47 Å². The van der Waals surface area contributed by atoms with Crippen LogP contribution in [0.4, 0.5) is 9.18 Å². The Kier molecular flexibility index (Phi) is 5.16. The van der Waals surface area contributed by atoms with Crippen LogP contribution in [0.15, 0.2) is 0 Å². The van der Waals surface area contributed by atoms with Gasteiger partial charge in [0.1, 0.15) is 13.3 Å². The summed E-state index contributed by atoms with van der Waals surface area (Å²) in [5.74, 6) is 2.06. The summed E-state index contributed by atoms with van der Waals surface area (Å²) in [6.45, 7) is -1.15. The largest absolute Gasteiger partial charge is 0.509 e. The summed E-state index contributed by atoms with van der Waals surface area (Å²) in [6, 6.07) is 0. The van der Waals surface area contributed by atoms with Gasteiger partial charge in [0.2, 0.25) is 0 Å². The van der Waals surface area contributed by atoms with Gasteiger partial charge >= 0.3 is 6.16 Å². The lowest BCUT2D eigenvalue weighted by Crippen LogP contribution is -2.09. The molecular formula is C6H7FO3. The molecule has 10 heavy (non-hydrogen) atoms. The number of carbonyl (C=O) groups excluding carboxylic acids is 1. The molecule has 0 fully saturated rings. The SMILES string of the molecule is C#CCOC(=O)OCCF. The summed E-state index contributed by atoms with van der Waals surface area (Å²) in [5, 5.41) is 0. The lowest BCUT2D eigenvalue weighted by molar-refractivity contribution is 0.0601. The number of rotatable bonds is 3. The topological polar surface area (TPSA) is 35.5 Å². The van der Waals surface area contributed by atoms with Crippen LogP contribution in [0.3, 0.4) is 0 Å². The minimum atomic E-state index is -0.935. The van der Waals surface area contributed by atoms with Gasteiger partial charge in [-0.15, -0.1) is 6.42 Å². The molecule has 0 N–H and O–H groups in total. The van der Waals surface area contributed by atoms with Crippen molar-refractivity contribution in [1.29, 1.82) is 0 Å². The number of carbonyl (C=O) groups is 1. The minimum absolute atomic E-state index is 0.148. The van der Waals surface area contributed by atoms with Crippen LogP contribution < -0.4 is 0 Å². The van der Waals surface area contributed by atoms with Crippen LogP contribution in [-0.4, -0.2) is 26.0 Å². The Labute approximate surface area is 58.1 Å². The average molecular weight is 146 g/mol. The van der Waals surface area contributed by atoms with E-state index in [2.05, 4.69) is 15.4 Å². The third kappa shape index (κ3) is 4.91. The molecule has 0 saturated heterocycles. The van der Waals surface area contributed by atoms with Crippen LogP contribution in [0.25, 0.3) is 0 Å². The first-order valence-corrected chi connectivity index (χ1v) is 2.60. The molecule has 0 aromatic heterocycles. The second kappa shape index (κ2) is 5.89. The van der Waals surface area contributed by atoms with Crippen molar-refractivity contribution in [2.24, 2.45) is 0 Å². The zero-order valence-electron chi connectivity index (χ0n) is 5.30. The van der Waals surface area contributed by atoms with Gasteiger partial charge in [-0.25, -0.2) is 9.18 Å². The first-order chi connectivity index (χ1) is 4.81. The fraction of sp³-hybridized carbons (Fsp3) is 0.500. The summed E-state index contributed by atoms with van der Waals surface area (Å²) < 4.78 is 19.7. The van der Waals surface area contributed by atoms with Crippen molar-refractivity contribution in [2.75, 3.05) is 19.9 Å². The van der Waals surface area contributed by atoms with E-state index in [0.717, 1.165) is 0 Å². The van der Waals surface area contributed by atoms with E-state index in [-0.39, 0.29) is 13.2 Å². The van der Waals surface area contributed by atoms with Crippen molar-refractivity contribution < 1.29 is 18.7 Å². The number of hydrogen-bond acceptors (Lipinski definition) is 3. The molecular weight excluding hydrogens is 139 g/mol. The summed E-state index contributed by atoms with van der Waals surface area (Å²) in [4.78, 5) is 10.3. The third-order valence-corrected chi connectivity index (χ3v) is 0.570. The maximum Gasteiger partial charge on any atom is 0.509 e. The Morgan fingerprint density at radius 1 is 1.60 bits per heavy atom. The lowest BCUT2D eigenvalue weighted by Gasteiger charge is -1.99. The number of terminal acetylenes is 1. The van der Waals surface area contributed by atoms with Gasteiger partial charge in [0.15, 0.2) is 6.61 Å². The average Bonchev–Trinajstić information content (AvgIpc) is 1.97. The van der Waals surface area contributed by atoms with Crippen molar-refractivity contribution in [3.63, 3.8) is 0 Å². The first-order valence-electron chi connectivity index (χ1n) is 2.60. The zero-order valence-corrected chi connectivity index (χ0v) is 5.30. The van der Waals surface area contributed by atoms with Gasteiger partial charge in [0.25, 0.3) is 0 Å². The van der Waals surface area contributed by atoms with Gasteiger partial charge in [-0.1, -0.05) is 5.92 Å². The highest BCUT2D eigenvalue weighted by atomic mass is 19.1. The van der Waals surface area contributed by atoms with Crippen LogP contribution in [0.1, 0.15) is 0 Å². The predicted molar refractivity (Wildman–Crippen MR) is 32.1 cm³/mol. The Hall–Kier alpha value is -1.24. The molecule has 0 aliphatic carbocycles. The van der Waals surface area contributed by atoms with E-state index >= 15 is 0 Å². The molecule has 0 amide bonds. The van der Waals surface area contributed by atoms with Crippen molar-refractivity contribution in [1.82, 2.24) is 0 Å². The maximum absolute atomic E-state index is 11.3. The molecule has 0 aliphatic rings. The molecule has 0 bridgehead atoms. The second-order valence-electron chi connectivity index (χ2n) is 1.28. The monoisotopic (exact) mass is 146 g/mol. The molecule has 0 aromatic rings. The molecule has 0 aliphatic heterocycles. The molecule has 0 aromatic carbocycles. The molecule has 0 saturated carbocycles. The van der Waals surface area contributed by atoms with Crippen LogP contribution in [0, 0.1) is 12.3 Å². The summed E-state index contributed by atoms with van der Waals surface area (Å²) in [5.41, 5.74) is 0. The van der Waals surface area contributed by atoms with Gasteiger partial charge in [-0.05, 0) is 0 Å². The van der Waals surface area contributed by atoms with Crippen LogP contribution in [0.2, 0.25) is 0 Å². The Bertz CT molecular complexity index is 138. The number of halogens is 1. The quantitative estimate of drug-likeness (QED) is 0.435. The normalized spacial score (nSPS) is 8.00. The number of alkyl halides is 1. The van der Waals surface area contributed by atoms with Crippen molar-refractivity contribution in [2.45, 2.75) is 0 Å². The fourth-order valence-electron chi connectivity index (χ4n) is 0.264. The van der Waals surface area contributed by atoms with Crippen molar-refractivity contribution >= 4 is 6.16 Å². The highest BCUT2D eigenvalue weighted by molar-refractivity contribution is 5.59. The number of ether oxygens (including phenoxy) is 2. The molecule has 56 valence electrons. The fourth-order valence-corrected chi connectivity index (χ4v) is 0.264. The standard InChI is InChI=1S/C6H7FO3/c1-2-4-9-6(8)10-5-3-7/h1H,3-5H2. The molecule has 0 rings (SSSR count). The first kappa shape index (κ1) is 8.76. The highest BCUT2D eigenvalue weighted by Crippen LogP contribution is 1.83. The predicted octanol–water partition coefficient (Wildman–Crippen LogP) is 0.742. The summed E-state index contributed by atoms with van der Waals surface area (Å²) in [7, 11) is 0. The molecule has 0 heterocycles. The van der Waals surface area contributed by atoms with E-state index in [1.54, 1.807) is 0 Å². The van der Waals surface area contributed by atoms with Gasteiger partial charge in [-0.2, -0.15) is 0 Å². The highest BCUT2D eigenvalue weighted by Gasteiger charge is 1.99. The lowest BCUT2D eigenvalue weighted by atomic mass is 10.8. The Balaban J connectivity index is 3.19. The van der Waals surface area contributed by atoms with Crippen molar-refractivity contribution in [3.8, 4) is 12.3 Å². The number of hydrogen-bond donors (Lipinski definition) is 0. The molecule has 0 unspecified atom stereocenters. The molecule has 3 nitrogen and oxygen atoms in total. The second-order valence-corrected chi connectivity index (χ2v) is 1.28. The van der Waals surface area contributed by atoms with Crippen molar-refractivity contribution in [3.05, 3.63) is 0 Å². The Morgan fingerprint density at radius 3 is 2.80 bits per heavy atom. The molecule has 0 spiro atoms. The van der Waals surface area contributed by atoms with E-state index < -0.39 is 12.8 Å². The van der Waals surface area contributed by atoms with E-state index in [1.807, 2.05) is 0 Å². The van der Waals surface area contributed by atoms with Crippen LogP contribution in [0.5, 0.6) is 0 Å². The third-order valence-electron chi connectivity index (χ3n) is 0.570. The van der Waals surface area contributed by atoms with Gasteiger partial charge < -0.3 is 9.47 Å². The zero-order chi connectivity index (χ0) is 7.82. The van der Waals surface area contributed by atoms with E-state index in [9.17, 15) is 9.18 Å².